The molecule has 1 aliphatic rings. The number of carbonyl (C=O) groups excluding carboxylic acids is 1. The van der Waals surface area contributed by atoms with E-state index in [2.05, 4.69) is 0 Å². The first kappa shape index (κ1) is 19.1. The number of morpholine rings is 1. The van der Waals surface area contributed by atoms with Crippen molar-refractivity contribution in [2.45, 2.75) is 6.10 Å². The van der Waals surface area contributed by atoms with Crippen LogP contribution in [0.15, 0.2) is 36.4 Å². The molecular formula is C20H24N2O5. The summed E-state index contributed by atoms with van der Waals surface area (Å²) in [6, 6.07) is 11.3. The molecule has 0 aliphatic carbocycles. The summed E-state index contributed by atoms with van der Waals surface area (Å²) in [5, 5.41) is 10.6. The molecule has 0 bridgehead atoms. The number of rotatable bonds is 6. The van der Waals surface area contributed by atoms with Crippen molar-refractivity contribution in [3.63, 3.8) is 0 Å². The van der Waals surface area contributed by atoms with Gasteiger partial charge in [-0.25, -0.2) is 0 Å². The molecule has 1 saturated heterocycles. The van der Waals surface area contributed by atoms with Gasteiger partial charge in [-0.3, -0.25) is 14.5 Å². The van der Waals surface area contributed by atoms with Crippen LogP contribution in [0.2, 0.25) is 0 Å². The van der Waals surface area contributed by atoms with Gasteiger partial charge in [-0.2, -0.15) is 0 Å². The monoisotopic (exact) mass is 372 g/mol. The van der Waals surface area contributed by atoms with E-state index in [-0.39, 0.29) is 18.6 Å². The fourth-order valence-electron chi connectivity index (χ4n) is 3.46. The third kappa shape index (κ3) is 4.37. The number of likely N-dealkylation sites (N-methyl/N-ethyl adjacent to an activating group) is 1. The average Bonchev–Trinajstić information content (AvgIpc) is 2.66. The number of carboxylic acid groups (broad SMARTS) is 1. The molecule has 144 valence electrons. The fraction of sp³-hybridized carbons (Fsp3) is 0.400. The van der Waals surface area contributed by atoms with Gasteiger partial charge < -0.3 is 19.5 Å². The van der Waals surface area contributed by atoms with Crippen molar-refractivity contribution in [2.75, 3.05) is 46.9 Å². The van der Waals surface area contributed by atoms with E-state index < -0.39 is 5.97 Å². The quantitative estimate of drug-likeness (QED) is 0.832. The van der Waals surface area contributed by atoms with Crippen molar-refractivity contribution in [3.05, 3.63) is 42.0 Å². The highest BCUT2D eigenvalue weighted by Gasteiger charge is 2.27. The Balaban J connectivity index is 1.78. The summed E-state index contributed by atoms with van der Waals surface area (Å²) in [4.78, 5) is 27.4. The molecular weight excluding hydrogens is 348 g/mol. The van der Waals surface area contributed by atoms with E-state index in [1.807, 2.05) is 30.3 Å². The first-order valence-corrected chi connectivity index (χ1v) is 8.86. The van der Waals surface area contributed by atoms with E-state index in [0.717, 1.165) is 16.5 Å². The van der Waals surface area contributed by atoms with Gasteiger partial charge >= 0.3 is 5.97 Å². The predicted octanol–water partition coefficient (Wildman–Crippen LogP) is 1.71. The lowest BCUT2D eigenvalue weighted by Crippen LogP contribution is -2.49. The maximum absolute atomic E-state index is 13.1. The van der Waals surface area contributed by atoms with Gasteiger partial charge in [-0.15, -0.1) is 0 Å². The molecule has 0 saturated carbocycles. The number of aliphatic carboxylic acids is 1. The number of fused-ring (bicyclic) bond motifs is 1. The van der Waals surface area contributed by atoms with Crippen LogP contribution in [0.25, 0.3) is 10.8 Å². The van der Waals surface area contributed by atoms with Crippen LogP contribution >= 0.6 is 0 Å². The zero-order valence-electron chi connectivity index (χ0n) is 15.6. The molecule has 0 spiro atoms. The number of methoxy groups -OCH3 is 1. The van der Waals surface area contributed by atoms with Crippen LogP contribution in [-0.4, -0.2) is 79.8 Å². The first-order valence-electron chi connectivity index (χ1n) is 8.86. The van der Waals surface area contributed by atoms with Crippen molar-refractivity contribution in [2.24, 2.45) is 0 Å². The van der Waals surface area contributed by atoms with Gasteiger partial charge in [0.1, 0.15) is 5.75 Å². The van der Waals surface area contributed by atoms with Gasteiger partial charge in [0.2, 0.25) is 0 Å². The van der Waals surface area contributed by atoms with Gasteiger partial charge in [-0.1, -0.05) is 24.3 Å². The number of hydrogen-bond donors (Lipinski definition) is 1. The molecule has 3 rings (SSSR count). The van der Waals surface area contributed by atoms with Crippen molar-refractivity contribution in [1.29, 1.82) is 0 Å². The minimum atomic E-state index is -0.883. The Labute approximate surface area is 158 Å². The van der Waals surface area contributed by atoms with Crippen LogP contribution < -0.4 is 4.74 Å². The number of carbonyl (C=O) groups is 2. The molecule has 2 aromatic rings. The Kier molecular flexibility index (Phi) is 5.93. The Morgan fingerprint density at radius 3 is 2.70 bits per heavy atom. The molecule has 0 aromatic heterocycles. The molecule has 27 heavy (non-hydrogen) atoms. The number of carboxylic acids is 1. The van der Waals surface area contributed by atoms with Crippen LogP contribution in [0.5, 0.6) is 5.75 Å². The van der Waals surface area contributed by atoms with E-state index in [4.69, 9.17) is 14.6 Å². The van der Waals surface area contributed by atoms with E-state index in [1.54, 1.807) is 30.0 Å². The zero-order chi connectivity index (χ0) is 19.4. The largest absolute Gasteiger partial charge is 0.496 e. The number of hydrogen-bond acceptors (Lipinski definition) is 5. The highest BCUT2D eigenvalue weighted by atomic mass is 16.5. The molecule has 1 fully saturated rings. The summed E-state index contributed by atoms with van der Waals surface area (Å²) in [6.07, 6.45) is -0.212. The van der Waals surface area contributed by atoms with Gasteiger partial charge in [0.15, 0.2) is 0 Å². The third-order valence-corrected chi connectivity index (χ3v) is 4.68. The van der Waals surface area contributed by atoms with Crippen LogP contribution in [0.1, 0.15) is 10.4 Å². The standard InChI is InChI=1S/C20H24N2O5/c1-21(13-19(23)24)11-14-12-22(9-10-27-14)20(25)17-7-8-18(26-2)16-6-4-3-5-15(16)17/h3-8,14H,9-13H2,1-2H3,(H,23,24). The summed E-state index contributed by atoms with van der Waals surface area (Å²) < 4.78 is 11.1. The number of amides is 1. The fourth-order valence-corrected chi connectivity index (χ4v) is 3.46. The van der Waals surface area contributed by atoms with Crippen molar-refractivity contribution >= 4 is 22.6 Å². The van der Waals surface area contributed by atoms with Crippen LogP contribution in [0.4, 0.5) is 0 Å². The molecule has 7 heteroatoms. The van der Waals surface area contributed by atoms with Gasteiger partial charge in [0, 0.05) is 30.6 Å². The lowest BCUT2D eigenvalue weighted by atomic mass is 10.0. The smallest absolute Gasteiger partial charge is 0.317 e. The first-order chi connectivity index (χ1) is 13.0. The molecule has 1 heterocycles. The molecule has 2 aromatic carbocycles. The lowest BCUT2D eigenvalue weighted by Gasteiger charge is -2.34. The average molecular weight is 372 g/mol. The van der Waals surface area contributed by atoms with Gasteiger partial charge in [0.25, 0.3) is 5.91 Å². The molecule has 1 atom stereocenters. The topological polar surface area (TPSA) is 79.3 Å². The minimum Gasteiger partial charge on any atom is -0.496 e. The van der Waals surface area contributed by atoms with Crippen molar-refractivity contribution in [3.8, 4) is 5.75 Å². The van der Waals surface area contributed by atoms with Crippen LogP contribution in [0, 0.1) is 0 Å². The second-order valence-corrected chi connectivity index (χ2v) is 6.70. The van der Waals surface area contributed by atoms with Crippen LogP contribution in [-0.2, 0) is 9.53 Å². The Morgan fingerprint density at radius 2 is 2.00 bits per heavy atom. The van der Waals surface area contributed by atoms with Gasteiger partial charge in [0.05, 0.1) is 26.4 Å². The van der Waals surface area contributed by atoms with Gasteiger partial charge in [-0.05, 0) is 24.6 Å². The van der Waals surface area contributed by atoms with Crippen LogP contribution in [0.3, 0.4) is 0 Å². The summed E-state index contributed by atoms with van der Waals surface area (Å²) in [5.74, 6) is -0.203. The maximum Gasteiger partial charge on any atom is 0.317 e. The second kappa shape index (κ2) is 8.37. The number of nitrogens with zero attached hydrogens (tertiary/aromatic N) is 2. The normalized spacial score (nSPS) is 17.3. The lowest BCUT2D eigenvalue weighted by molar-refractivity contribution is -0.138. The molecule has 7 nitrogen and oxygen atoms in total. The number of benzene rings is 2. The zero-order valence-corrected chi connectivity index (χ0v) is 15.6. The summed E-state index contributed by atoms with van der Waals surface area (Å²) in [6.45, 7) is 1.78. The predicted molar refractivity (Wildman–Crippen MR) is 101 cm³/mol. The molecule has 1 N–H and O–H groups in total. The summed E-state index contributed by atoms with van der Waals surface area (Å²) in [5.41, 5.74) is 0.631. The maximum atomic E-state index is 13.1. The Hall–Kier alpha value is -2.64. The Morgan fingerprint density at radius 1 is 1.26 bits per heavy atom. The molecule has 0 radical (unpaired) electrons. The van der Waals surface area contributed by atoms with Crippen molar-refractivity contribution < 1.29 is 24.2 Å². The molecule has 1 unspecified atom stereocenters. The van der Waals surface area contributed by atoms with Crippen molar-refractivity contribution in [1.82, 2.24) is 9.80 Å². The Bertz CT molecular complexity index is 838. The molecule has 1 amide bonds. The summed E-state index contributed by atoms with van der Waals surface area (Å²) in [7, 11) is 3.35. The highest BCUT2D eigenvalue weighted by Crippen LogP contribution is 2.29. The second-order valence-electron chi connectivity index (χ2n) is 6.70. The highest BCUT2D eigenvalue weighted by molar-refractivity contribution is 6.08. The van der Waals surface area contributed by atoms with E-state index in [1.165, 1.54) is 0 Å². The minimum absolute atomic E-state index is 0.0527. The van der Waals surface area contributed by atoms with E-state index in [0.29, 0.717) is 31.8 Å². The SMILES string of the molecule is COc1ccc(C(=O)N2CCOC(CN(C)CC(=O)O)C2)c2ccccc12. The summed E-state index contributed by atoms with van der Waals surface area (Å²) >= 11 is 0. The van der Waals surface area contributed by atoms with E-state index >= 15 is 0 Å². The van der Waals surface area contributed by atoms with E-state index in [9.17, 15) is 9.59 Å². The molecule has 1 aliphatic heterocycles. The number of ether oxygens (including phenoxy) is 2. The third-order valence-electron chi connectivity index (χ3n) is 4.68.